The maximum absolute atomic E-state index is 12.3. The van der Waals surface area contributed by atoms with Gasteiger partial charge in [-0.05, 0) is 42.0 Å². The molecule has 1 saturated carbocycles. The largest absolute Gasteiger partial charge is 0.369 e. The molecule has 2 aliphatic rings. The fourth-order valence-corrected chi connectivity index (χ4v) is 4.67. The summed E-state index contributed by atoms with van der Waals surface area (Å²) < 4.78 is 0. The number of para-hydroxylation sites is 1. The van der Waals surface area contributed by atoms with E-state index < -0.39 is 0 Å². The van der Waals surface area contributed by atoms with Gasteiger partial charge in [-0.25, -0.2) is 0 Å². The lowest BCUT2D eigenvalue weighted by Gasteiger charge is -2.36. The molecule has 0 unspecified atom stereocenters. The molecule has 154 valence electrons. The Hall–Kier alpha value is -2.33. The number of nitrogens with zero attached hydrogens (tertiary/aromatic N) is 2. The Kier molecular flexibility index (Phi) is 6.83. The molecule has 4 rings (SSSR count). The maximum atomic E-state index is 12.3. The zero-order valence-electron chi connectivity index (χ0n) is 17.4. The molecule has 2 aromatic rings. The van der Waals surface area contributed by atoms with E-state index in [0.717, 1.165) is 32.7 Å². The van der Waals surface area contributed by atoms with Crippen LogP contribution in [0, 0.1) is 5.92 Å². The zero-order chi connectivity index (χ0) is 19.9. The second-order valence-corrected chi connectivity index (χ2v) is 8.50. The second kappa shape index (κ2) is 9.93. The van der Waals surface area contributed by atoms with Crippen molar-refractivity contribution in [1.82, 2.24) is 10.2 Å². The van der Waals surface area contributed by atoms with Crippen LogP contribution in [0.4, 0.5) is 5.69 Å². The van der Waals surface area contributed by atoms with Gasteiger partial charge in [0.05, 0.1) is 0 Å². The van der Waals surface area contributed by atoms with Crippen molar-refractivity contribution >= 4 is 11.6 Å². The van der Waals surface area contributed by atoms with Crippen molar-refractivity contribution in [2.45, 2.75) is 45.2 Å². The Bertz CT molecular complexity index is 778. The third kappa shape index (κ3) is 5.60. The third-order valence-corrected chi connectivity index (χ3v) is 6.43. The maximum Gasteiger partial charge on any atom is 0.220 e. The molecule has 1 amide bonds. The smallest absolute Gasteiger partial charge is 0.220 e. The van der Waals surface area contributed by atoms with E-state index in [0.29, 0.717) is 18.9 Å². The Morgan fingerprint density at radius 2 is 1.52 bits per heavy atom. The molecule has 2 aromatic carbocycles. The predicted octanol–water partition coefficient (Wildman–Crippen LogP) is 4.21. The van der Waals surface area contributed by atoms with Gasteiger partial charge in [-0.3, -0.25) is 9.69 Å². The molecule has 2 fully saturated rings. The highest BCUT2D eigenvalue weighted by molar-refractivity contribution is 5.76. The summed E-state index contributed by atoms with van der Waals surface area (Å²) in [6.45, 7) is 5.85. The van der Waals surface area contributed by atoms with Gasteiger partial charge in [-0.15, -0.1) is 0 Å². The van der Waals surface area contributed by atoms with Crippen molar-refractivity contribution in [3.63, 3.8) is 0 Å². The zero-order valence-corrected chi connectivity index (χ0v) is 17.4. The van der Waals surface area contributed by atoms with Gasteiger partial charge in [0, 0.05) is 51.4 Å². The van der Waals surface area contributed by atoms with Crippen molar-refractivity contribution in [1.29, 1.82) is 0 Å². The monoisotopic (exact) mass is 391 g/mol. The Morgan fingerprint density at radius 1 is 0.862 bits per heavy atom. The van der Waals surface area contributed by atoms with Crippen LogP contribution in [0.25, 0.3) is 0 Å². The van der Waals surface area contributed by atoms with Gasteiger partial charge in [-0.1, -0.05) is 55.3 Å². The first-order chi connectivity index (χ1) is 14.3. The molecule has 4 nitrogen and oxygen atoms in total. The van der Waals surface area contributed by atoms with Crippen molar-refractivity contribution < 1.29 is 4.79 Å². The van der Waals surface area contributed by atoms with Crippen LogP contribution < -0.4 is 10.2 Å². The summed E-state index contributed by atoms with van der Waals surface area (Å²) >= 11 is 0. The highest BCUT2D eigenvalue weighted by atomic mass is 16.1. The number of hydrogen-bond donors (Lipinski definition) is 1. The van der Waals surface area contributed by atoms with Crippen LogP contribution in [0.1, 0.15) is 43.2 Å². The Morgan fingerprint density at radius 3 is 2.24 bits per heavy atom. The lowest BCUT2D eigenvalue weighted by Crippen LogP contribution is -2.46. The van der Waals surface area contributed by atoms with E-state index in [-0.39, 0.29) is 5.91 Å². The lowest BCUT2D eigenvalue weighted by molar-refractivity contribution is -0.122. The summed E-state index contributed by atoms with van der Waals surface area (Å²) in [5, 5.41) is 3.17. The Labute approximate surface area is 174 Å². The topological polar surface area (TPSA) is 35.6 Å². The molecule has 0 radical (unpaired) electrons. The molecule has 29 heavy (non-hydrogen) atoms. The number of carbonyl (C=O) groups is 1. The minimum absolute atomic E-state index is 0.211. The fourth-order valence-electron chi connectivity index (χ4n) is 4.67. The molecule has 1 aliphatic carbocycles. The summed E-state index contributed by atoms with van der Waals surface area (Å²) in [7, 11) is 0. The number of benzene rings is 2. The molecule has 1 heterocycles. The van der Waals surface area contributed by atoms with Gasteiger partial charge in [-0.2, -0.15) is 0 Å². The van der Waals surface area contributed by atoms with Gasteiger partial charge in [0.2, 0.25) is 5.91 Å². The number of rotatable bonds is 7. The quantitative estimate of drug-likeness (QED) is 0.768. The van der Waals surface area contributed by atoms with Crippen LogP contribution in [0.3, 0.4) is 0 Å². The standard InChI is InChI=1S/C25H33N3O/c29-25(18-21-8-4-5-9-21)26-19-22-10-6-7-11-23(22)20-27-14-16-28(17-15-27)24-12-2-1-3-13-24/h1-3,6-7,10-13,21H,4-5,8-9,14-20H2,(H,26,29). The number of hydrogen-bond acceptors (Lipinski definition) is 3. The number of nitrogens with one attached hydrogen (secondary N) is 1. The molecule has 0 aromatic heterocycles. The molecule has 0 atom stereocenters. The summed E-state index contributed by atoms with van der Waals surface area (Å²) in [5.41, 5.74) is 3.90. The molecule has 1 saturated heterocycles. The van der Waals surface area contributed by atoms with Gasteiger partial charge >= 0.3 is 0 Å². The highest BCUT2D eigenvalue weighted by Gasteiger charge is 2.20. The molecule has 0 spiro atoms. The summed E-state index contributed by atoms with van der Waals surface area (Å²) in [5.74, 6) is 0.814. The number of amides is 1. The van der Waals surface area contributed by atoms with E-state index in [1.807, 2.05) is 0 Å². The van der Waals surface area contributed by atoms with Crippen molar-refractivity contribution in [3.05, 3.63) is 65.7 Å². The molecule has 1 aliphatic heterocycles. The van der Waals surface area contributed by atoms with Crippen LogP contribution >= 0.6 is 0 Å². The number of carbonyl (C=O) groups excluding carboxylic acids is 1. The van der Waals surface area contributed by atoms with Crippen molar-refractivity contribution in [2.24, 2.45) is 5.92 Å². The normalized spacial score (nSPS) is 18.1. The van der Waals surface area contributed by atoms with Crippen LogP contribution in [0.15, 0.2) is 54.6 Å². The van der Waals surface area contributed by atoms with Crippen LogP contribution in [0.5, 0.6) is 0 Å². The SMILES string of the molecule is O=C(CC1CCCC1)NCc1ccccc1CN1CCN(c2ccccc2)CC1. The lowest BCUT2D eigenvalue weighted by atomic mass is 10.0. The first kappa shape index (κ1) is 20.0. The summed E-state index contributed by atoms with van der Waals surface area (Å²) in [6.07, 6.45) is 5.72. The molecular weight excluding hydrogens is 358 g/mol. The van der Waals surface area contributed by atoms with Gasteiger partial charge in [0.25, 0.3) is 0 Å². The van der Waals surface area contributed by atoms with E-state index in [1.54, 1.807) is 0 Å². The predicted molar refractivity (Wildman–Crippen MR) is 119 cm³/mol. The minimum Gasteiger partial charge on any atom is -0.369 e. The van der Waals surface area contributed by atoms with Gasteiger partial charge < -0.3 is 10.2 Å². The van der Waals surface area contributed by atoms with Crippen molar-refractivity contribution in [2.75, 3.05) is 31.1 Å². The van der Waals surface area contributed by atoms with E-state index in [1.165, 1.54) is 42.5 Å². The van der Waals surface area contributed by atoms with Gasteiger partial charge in [0.1, 0.15) is 0 Å². The van der Waals surface area contributed by atoms with Gasteiger partial charge in [0.15, 0.2) is 0 Å². The van der Waals surface area contributed by atoms with E-state index in [4.69, 9.17) is 0 Å². The van der Waals surface area contributed by atoms with Crippen molar-refractivity contribution in [3.8, 4) is 0 Å². The van der Waals surface area contributed by atoms with Crippen LogP contribution in [-0.4, -0.2) is 37.0 Å². The first-order valence-corrected chi connectivity index (χ1v) is 11.1. The highest BCUT2D eigenvalue weighted by Crippen LogP contribution is 2.27. The minimum atomic E-state index is 0.211. The third-order valence-electron chi connectivity index (χ3n) is 6.43. The average molecular weight is 392 g/mol. The molecule has 1 N–H and O–H groups in total. The van der Waals surface area contributed by atoms with Crippen LogP contribution in [0.2, 0.25) is 0 Å². The molecule has 0 bridgehead atoms. The van der Waals surface area contributed by atoms with E-state index in [9.17, 15) is 4.79 Å². The average Bonchev–Trinajstić information content (AvgIpc) is 3.27. The van der Waals surface area contributed by atoms with E-state index >= 15 is 0 Å². The van der Waals surface area contributed by atoms with E-state index in [2.05, 4.69) is 69.7 Å². The first-order valence-electron chi connectivity index (χ1n) is 11.1. The fraction of sp³-hybridized carbons (Fsp3) is 0.480. The number of piperazine rings is 1. The Balaban J connectivity index is 1.28. The second-order valence-electron chi connectivity index (χ2n) is 8.50. The summed E-state index contributed by atoms with van der Waals surface area (Å²) in [6, 6.07) is 19.2. The van der Waals surface area contributed by atoms with Crippen LogP contribution in [-0.2, 0) is 17.9 Å². The molecular formula is C25H33N3O. The summed E-state index contributed by atoms with van der Waals surface area (Å²) in [4.78, 5) is 17.3. The molecule has 4 heteroatoms. The number of anilines is 1.